The molecule has 1 atom stereocenters. The van der Waals surface area contributed by atoms with Gasteiger partial charge in [0.1, 0.15) is 5.82 Å². The standard InChI is InChI=1S/C25H26BrF2N3O2/c1-33-18-8-5-16(6-9-18)31-23-11-4-15(26)13-22(23)29-24(31)19-3-2-12-30(25(19)32)17-7-10-20(27)21(28)14-17/h4,7,10-11,13-14,16,18-19H,2-3,5-6,8-9,12H2,1H3/t16-,18-,19?. The Kier molecular flexibility index (Phi) is 6.22. The number of rotatable bonds is 4. The van der Waals surface area contributed by atoms with Gasteiger partial charge in [-0.05, 0) is 68.9 Å². The van der Waals surface area contributed by atoms with Crippen LogP contribution in [0.3, 0.4) is 0 Å². The summed E-state index contributed by atoms with van der Waals surface area (Å²) in [7, 11) is 1.76. The molecule has 2 aromatic carbocycles. The van der Waals surface area contributed by atoms with Crippen molar-refractivity contribution in [2.45, 2.75) is 56.6 Å². The molecule has 1 saturated heterocycles. The quantitative estimate of drug-likeness (QED) is 0.418. The van der Waals surface area contributed by atoms with Crippen molar-refractivity contribution in [2.75, 3.05) is 18.6 Å². The lowest BCUT2D eigenvalue weighted by Crippen LogP contribution is -2.41. The third-order valence-electron chi connectivity index (χ3n) is 6.99. The number of aromatic nitrogens is 2. The molecule has 0 N–H and O–H groups in total. The number of methoxy groups -OCH3 is 1. The van der Waals surface area contributed by atoms with Crippen molar-refractivity contribution < 1.29 is 18.3 Å². The molecule has 0 bridgehead atoms. The normalized spacial score (nSPS) is 23.9. The van der Waals surface area contributed by atoms with Crippen molar-refractivity contribution in [2.24, 2.45) is 0 Å². The molecule has 5 nitrogen and oxygen atoms in total. The SMILES string of the molecule is CO[C@H]1CC[C@H](n2c(C3CCCN(c4ccc(F)c(F)c4)C3=O)nc3cc(Br)ccc32)CC1. The molecule has 1 unspecified atom stereocenters. The molecule has 3 aromatic rings. The van der Waals surface area contributed by atoms with E-state index in [2.05, 4.69) is 26.6 Å². The summed E-state index contributed by atoms with van der Waals surface area (Å²) in [6.45, 7) is 0.477. The van der Waals surface area contributed by atoms with Gasteiger partial charge >= 0.3 is 0 Å². The molecule has 2 heterocycles. The molecule has 1 aliphatic carbocycles. The van der Waals surface area contributed by atoms with Crippen molar-refractivity contribution in [1.29, 1.82) is 0 Å². The molecule has 174 valence electrons. The number of hydrogen-bond acceptors (Lipinski definition) is 3. The first-order valence-corrected chi connectivity index (χ1v) is 12.2. The fourth-order valence-corrected chi connectivity index (χ4v) is 5.63. The molecule has 1 amide bonds. The van der Waals surface area contributed by atoms with Crippen LogP contribution >= 0.6 is 15.9 Å². The fourth-order valence-electron chi connectivity index (χ4n) is 5.28. The molecule has 1 saturated carbocycles. The van der Waals surface area contributed by atoms with Crippen LogP contribution in [0, 0.1) is 11.6 Å². The minimum Gasteiger partial charge on any atom is -0.381 e. The van der Waals surface area contributed by atoms with E-state index >= 15 is 0 Å². The Morgan fingerprint density at radius 1 is 1.03 bits per heavy atom. The highest BCUT2D eigenvalue weighted by Crippen LogP contribution is 2.39. The van der Waals surface area contributed by atoms with Crippen molar-refractivity contribution in [3.63, 3.8) is 0 Å². The second kappa shape index (κ2) is 9.14. The summed E-state index contributed by atoms with van der Waals surface area (Å²) in [5.74, 6) is -1.65. The predicted molar refractivity (Wildman–Crippen MR) is 126 cm³/mol. The van der Waals surface area contributed by atoms with E-state index < -0.39 is 17.6 Å². The van der Waals surface area contributed by atoms with Crippen molar-refractivity contribution in [3.8, 4) is 0 Å². The van der Waals surface area contributed by atoms with Gasteiger partial charge in [0.05, 0.1) is 23.1 Å². The van der Waals surface area contributed by atoms with Crippen LogP contribution in [0.5, 0.6) is 0 Å². The maximum absolute atomic E-state index is 13.9. The number of nitrogens with zero attached hydrogens (tertiary/aromatic N) is 3. The Morgan fingerprint density at radius 3 is 2.55 bits per heavy atom. The first-order chi connectivity index (χ1) is 16.0. The number of anilines is 1. The van der Waals surface area contributed by atoms with Crippen molar-refractivity contribution in [1.82, 2.24) is 9.55 Å². The number of carbonyl (C=O) groups excluding carboxylic acids is 1. The number of amides is 1. The molecule has 1 aromatic heterocycles. The van der Waals surface area contributed by atoms with Crippen molar-refractivity contribution >= 4 is 38.6 Å². The van der Waals surface area contributed by atoms with Crippen LogP contribution in [0.15, 0.2) is 40.9 Å². The minimum atomic E-state index is -0.950. The maximum Gasteiger partial charge on any atom is 0.237 e. The summed E-state index contributed by atoms with van der Waals surface area (Å²) >= 11 is 3.53. The molecule has 0 spiro atoms. The Bertz CT molecular complexity index is 1190. The van der Waals surface area contributed by atoms with E-state index in [4.69, 9.17) is 9.72 Å². The third kappa shape index (κ3) is 4.19. The van der Waals surface area contributed by atoms with Gasteiger partial charge < -0.3 is 14.2 Å². The van der Waals surface area contributed by atoms with Crippen LogP contribution in [-0.2, 0) is 9.53 Å². The summed E-state index contributed by atoms with van der Waals surface area (Å²) in [6.07, 6.45) is 5.57. The largest absolute Gasteiger partial charge is 0.381 e. The van der Waals surface area contributed by atoms with Crippen LogP contribution < -0.4 is 4.90 Å². The molecule has 2 aliphatic rings. The van der Waals surface area contributed by atoms with E-state index in [1.54, 1.807) is 12.0 Å². The molecular formula is C25H26BrF2N3O2. The number of piperidine rings is 1. The summed E-state index contributed by atoms with van der Waals surface area (Å²) in [6, 6.07) is 9.91. The first kappa shape index (κ1) is 22.5. The molecule has 0 radical (unpaired) electrons. The van der Waals surface area contributed by atoms with Crippen LogP contribution in [0.1, 0.15) is 56.3 Å². The molecule has 33 heavy (non-hydrogen) atoms. The molecular weight excluding hydrogens is 492 g/mol. The van der Waals surface area contributed by atoms with Crippen LogP contribution in [0.4, 0.5) is 14.5 Å². The predicted octanol–water partition coefficient (Wildman–Crippen LogP) is 6.12. The van der Waals surface area contributed by atoms with E-state index in [0.29, 0.717) is 18.7 Å². The Balaban J connectivity index is 1.54. The first-order valence-electron chi connectivity index (χ1n) is 11.4. The van der Waals surface area contributed by atoms with Gasteiger partial charge in [-0.3, -0.25) is 4.79 Å². The second-order valence-corrected chi connectivity index (χ2v) is 9.84. The van der Waals surface area contributed by atoms with Crippen molar-refractivity contribution in [3.05, 3.63) is 58.3 Å². The zero-order chi connectivity index (χ0) is 23.1. The van der Waals surface area contributed by atoms with Gasteiger partial charge in [-0.15, -0.1) is 0 Å². The van der Waals surface area contributed by atoms with E-state index in [9.17, 15) is 13.6 Å². The van der Waals surface area contributed by atoms with Gasteiger partial charge in [0, 0.05) is 35.9 Å². The number of benzene rings is 2. The molecule has 2 fully saturated rings. The Hall–Kier alpha value is -2.32. The van der Waals surface area contributed by atoms with Crippen LogP contribution in [-0.4, -0.2) is 35.2 Å². The highest BCUT2D eigenvalue weighted by molar-refractivity contribution is 9.10. The second-order valence-electron chi connectivity index (χ2n) is 8.92. The van der Waals surface area contributed by atoms with Gasteiger partial charge in [-0.2, -0.15) is 0 Å². The number of halogens is 3. The average molecular weight is 518 g/mol. The van der Waals surface area contributed by atoms with Gasteiger partial charge in [-0.1, -0.05) is 15.9 Å². The lowest BCUT2D eigenvalue weighted by Gasteiger charge is -2.35. The van der Waals surface area contributed by atoms with E-state index in [-0.39, 0.29) is 18.1 Å². The number of imidazole rings is 1. The zero-order valence-corrected chi connectivity index (χ0v) is 20.0. The van der Waals surface area contributed by atoms with Crippen LogP contribution in [0.25, 0.3) is 11.0 Å². The molecule has 1 aliphatic heterocycles. The lowest BCUT2D eigenvalue weighted by atomic mass is 9.91. The zero-order valence-electron chi connectivity index (χ0n) is 18.4. The molecule has 5 rings (SSSR count). The van der Waals surface area contributed by atoms with E-state index in [0.717, 1.165) is 65.6 Å². The number of ether oxygens (including phenoxy) is 1. The maximum atomic E-state index is 13.9. The topological polar surface area (TPSA) is 47.4 Å². The van der Waals surface area contributed by atoms with Gasteiger partial charge in [0.25, 0.3) is 0 Å². The van der Waals surface area contributed by atoms with E-state index in [1.165, 1.54) is 6.07 Å². The monoisotopic (exact) mass is 517 g/mol. The summed E-state index contributed by atoms with van der Waals surface area (Å²) in [4.78, 5) is 20.1. The summed E-state index contributed by atoms with van der Waals surface area (Å²) in [5.41, 5.74) is 2.26. The number of fused-ring (bicyclic) bond motifs is 1. The number of hydrogen-bond donors (Lipinski definition) is 0. The number of carbonyl (C=O) groups is 1. The lowest BCUT2D eigenvalue weighted by molar-refractivity contribution is -0.121. The smallest absolute Gasteiger partial charge is 0.237 e. The van der Waals surface area contributed by atoms with Crippen LogP contribution in [0.2, 0.25) is 0 Å². The Labute approximate surface area is 199 Å². The van der Waals surface area contributed by atoms with Gasteiger partial charge in [0.2, 0.25) is 5.91 Å². The Morgan fingerprint density at radius 2 is 1.82 bits per heavy atom. The van der Waals surface area contributed by atoms with E-state index in [1.807, 2.05) is 12.1 Å². The summed E-state index contributed by atoms with van der Waals surface area (Å²) < 4.78 is 36.1. The fraction of sp³-hybridized carbons (Fsp3) is 0.440. The summed E-state index contributed by atoms with van der Waals surface area (Å²) in [5, 5.41) is 0. The average Bonchev–Trinajstić information content (AvgIpc) is 3.19. The third-order valence-corrected chi connectivity index (χ3v) is 7.48. The van der Waals surface area contributed by atoms with Gasteiger partial charge in [0.15, 0.2) is 11.6 Å². The molecule has 8 heteroatoms. The highest BCUT2D eigenvalue weighted by atomic mass is 79.9. The minimum absolute atomic E-state index is 0.117. The highest BCUT2D eigenvalue weighted by Gasteiger charge is 2.36. The van der Waals surface area contributed by atoms with Gasteiger partial charge in [-0.25, -0.2) is 13.8 Å².